The van der Waals surface area contributed by atoms with Crippen LogP contribution in [-0.4, -0.2) is 23.0 Å². The van der Waals surface area contributed by atoms with Gasteiger partial charge in [0.05, 0.1) is 0 Å². The second-order valence-corrected chi connectivity index (χ2v) is 0.266. The van der Waals surface area contributed by atoms with Crippen molar-refractivity contribution in [3.05, 3.63) is 0 Å². The van der Waals surface area contributed by atoms with E-state index in [2.05, 4.69) is 0 Å². The van der Waals surface area contributed by atoms with Crippen molar-refractivity contribution in [3.8, 4) is 0 Å². The van der Waals surface area contributed by atoms with Crippen LogP contribution in [0.25, 0.3) is 0 Å². The SMILES string of the molecule is [Li].[O]=[Fe][OH]. The van der Waals surface area contributed by atoms with Crippen LogP contribution in [0.5, 0.6) is 0 Å². The molecule has 22 valence electrons. The summed E-state index contributed by atoms with van der Waals surface area (Å²) in [6.45, 7) is 0. The molecule has 0 saturated carbocycles. The van der Waals surface area contributed by atoms with Crippen LogP contribution in [0.1, 0.15) is 0 Å². The molecule has 0 aliphatic heterocycles. The van der Waals surface area contributed by atoms with Crippen molar-refractivity contribution >= 4 is 18.9 Å². The van der Waals surface area contributed by atoms with Crippen molar-refractivity contribution in [1.82, 2.24) is 0 Å². The van der Waals surface area contributed by atoms with Crippen LogP contribution in [0.3, 0.4) is 0 Å². The average molecular weight is 95.8 g/mol. The van der Waals surface area contributed by atoms with E-state index in [1.54, 1.807) is 0 Å². The van der Waals surface area contributed by atoms with Gasteiger partial charge in [0.15, 0.2) is 0 Å². The summed E-state index contributed by atoms with van der Waals surface area (Å²) in [7, 11) is 0. The van der Waals surface area contributed by atoms with E-state index in [-0.39, 0.29) is 18.9 Å². The standard InChI is InChI=1S/Fe.Li.H2O.O/h;;1H2;/q+1;;;/p-1. The molecular weight excluding hydrogens is 94.8 g/mol. The fraction of sp³-hybridized carbons (Fsp3) is 0. The minimum absolute atomic E-state index is 0. The van der Waals surface area contributed by atoms with Crippen molar-refractivity contribution in [2.24, 2.45) is 0 Å². The van der Waals surface area contributed by atoms with E-state index < -0.39 is 15.2 Å². The third kappa shape index (κ3) is 13.2. The first-order valence-corrected chi connectivity index (χ1v) is 1.25. The van der Waals surface area contributed by atoms with Crippen LogP contribution >= 0.6 is 0 Å². The molecule has 0 rings (SSSR count). The normalized spacial score (nSPS) is 4.25. The molecule has 0 aromatic carbocycles. The molecule has 0 unspecified atom stereocenters. The van der Waals surface area contributed by atoms with E-state index in [0.717, 1.165) is 0 Å². The molecule has 0 aromatic heterocycles. The first-order valence-electron chi connectivity index (χ1n) is 0.302. The molecule has 0 saturated heterocycles. The molecule has 0 heterocycles. The number of hydrogen-bond acceptors (Lipinski definition) is 1. The number of hydrogen-bond donors (Lipinski definition) is 1. The Morgan fingerprint density at radius 1 is 1.75 bits per heavy atom. The van der Waals surface area contributed by atoms with Crippen molar-refractivity contribution in [2.75, 3.05) is 0 Å². The van der Waals surface area contributed by atoms with Crippen molar-refractivity contribution in [2.45, 2.75) is 0 Å². The van der Waals surface area contributed by atoms with Gasteiger partial charge in [-0.15, -0.1) is 0 Å². The Kier molecular flexibility index (Phi) is 20.2. The summed E-state index contributed by atoms with van der Waals surface area (Å²) in [6.07, 6.45) is 0. The minimum atomic E-state index is -1.00. The van der Waals surface area contributed by atoms with Gasteiger partial charge in [-0.3, -0.25) is 0 Å². The molecule has 2 nitrogen and oxygen atoms in total. The Labute approximate surface area is 42.4 Å². The average Bonchev–Trinajstić information content (AvgIpc) is 0.918. The van der Waals surface area contributed by atoms with Crippen molar-refractivity contribution in [3.63, 3.8) is 0 Å². The van der Waals surface area contributed by atoms with Gasteiger partial charge >= 0.3 is 23.2 Å². The van der Waals surface area contributed by atoms with Crippen LogP contribution in [0.4, 0.5) is 0 Å². The van der Waals surface area contributed by atoms with E-state index in [1.807, 2.05) is 0 Å². The molecule has 1 N–H and O–H groups in total. The quantitative estimate of drug-likeness (QED) is 0.390. The van der Waals surface area contributed by atoms with Gasteiger partial charge in [-0.2, -0.15) is 0 Å². The zero-order valence-electron chi connectivity index (χ0n) is 2.21. The summed E-state index contributed by atoms with van der Waals surface area (Å²) in [5.41, 5.74) is 0. The molecule has 4 heteroatoms. The van der Waals surface area contributed by atoms with Gasteiger partial charge in [0.1, 0.15) is 0 Å². The van der Waals surface area contributed by atoms with E-state index in [4.69, 9.17) is 8.02 Å². The van der Waals surface area contributed by atoms with Crippen molar-refractivity contribution < 1.29 is 23.2 Å². The van der Waals surface area contributed by atoms with Crippen LogP contribution in [-0.2, 0) is 19.1 Å². The van der Waals surface area contributed by atoms with Gasteiger partial charge in [0.25, 0.3) is 0 Å². The van der Waals surface area contributed by atoms with E-state index in [0.29, 0.717) is 0 Å². The molecule has 0 aliphatic carbocycles. The molecular formula is HFeLiO2. The second-order valence-electron chi connectivity index (χ2n) is 0.0645. The maximum absolute atomic E-state index is 8.49. The van der Waals surface area contributed by atoms with E-state index in [1.165, 1.54) is 0 Å². The van der Waals surface area contributed by atoms with Gasteiger partial charge in [0.2, 0.25) is 0 Å². The van der Waals surface area contributed by atoms with Crippen molar-refractivity contribution in [1.29, 1.82) is 0 Å². The molecule has 0 amide bonds. The summed E-state index contributed by atoms with van der Waals surface area (Å²) in [4.78, 5) is 0. The molecule has 0 spiro atoms. The molecule has 0 fully saturated rings. The predicted molar refractivity (Wildman–Crippen MR) is 8.66 cm³/mol. The summed E-state index contributed by atoms with van der Waals surface area (Å²) in [6, 6.07) is 0. The van der Waals surface area contributed by atoms with Gasteiger partial charge in [-0.05, 0) is 0 Å². The van der Waals surface area contributed by atoms with Gasteiger partial charge in [0, 0.05) is 18.9 Å². The zero-order chi connectivity index (χ0) is 2.71. The topological polar surface area (TPSA) is 37.3 Å². The Hall–Kier alpha value is 0.877. The zero-order valence-corrected chi connectivity index (χ0v) is 3.31. The van der Waals surface area contributed by atoms with E-state index >= 15 is 0 Å². The summed E-state index contributed by atoms with van der Waals surface area (Å²) < 4.78 is 15.5. The second kappa shape index (κ2) is 9.11. The molecule has 0 atom stereocenters. The fourth-order valence-corrected chi connectivity index (χ4v) is 0. The van der Waals surface area contributed by atoms with Gasteiger partial charge in [-0.1, -0.05) is 0 Å². The molecule has 0 aromatic rings. The fourth-order valence-electron chi connectivity index (χ4n) is 0. The van der Waals surface area contributed by atoms with Crippen LogP contribution < -0.4 is 0 Å². The van der Waals surface area contributed by atoms with E-state index in [9.17, 15) is 0 Å². The molecule has 1 radical (unpaired) electrons. The van der Waals surface area contributed by atoms with Gasteiger partial charge in [-0.25, -0.2) is 0 Å². The summed E-state index contributed by atoms with van der Waals surface area (Å²) >= 11 is -1.00. The monoisotopic (exact) mass is 95.9 g/mol. The third-order valence-electron chi connectivity index (χ3n) is 0. The Morgan fingerprint density at radius 2 is 1.75 bits per heavy atom. The van der Waals surface area contributed by atoms with Gasteiger partial charge < -0.3 is 0 Å². The maximum atomic E-state index is 8.49. The molecule has 0 bridgehead atoms. The Balaban J connectivity index is 0. The molecule has 0 aliphatic rings. The van der Waals surface area contributed by atoms with Crippen LogP contribution in [0, 0.1) is 0 Å². The predicted octanol–water partition coefficient (Wildman–Crippen LogP) is -1.06. The Morgan fingerprint density at radius 3 is 1.75 bits per heavy atom. The Bertz CT molecular complexity index is 13.5. The summed E-state index contributed by atoms with van der Waals surface area (Å²) in [5, 5.41) is 0. The van der Waals surface area contributed by atoms with Crippen LogP contribution in [0.2, 0.25) is 0 Å². The first-order chi connectivity index (χ1) is 1.41. The first kappa shape index (κ1) is 8.86. The van der Waals surface area contributed by atoms with Crippen LogP contribution in [0.15, 0.2) is 0 Å². The summed E-state index contributed by atoms with van der Waals surface area (Å²) in [5.74, 6) is 0. The number of rotatable bonds is 0. The molecule has 4 heavy (non-hydrogen) atoms. The third-order valence-corrected chi connectivity index (χ3v) is 0.